The Kier molecular flexibility index (Phi) is 5.05. The minimum absolute atomic E-state index is 0.687. The third-order valence-corrected chi connectivity index (χ3v) is 3.97. The number of aryl methyl sites for hydroxylation is 1. The van der Waals surface area contributed by atoms with Gasteiger partial charge in [0.05, 0.1) is 0 Å². The molecule has 0 saturated heterocycles. The van der Waals surface area contributed by atoms with Crippen molar-refractivity contribution in [2.75, 3.05) is 6.54 Å². The molecule has 3 heteroatoms. The average Bonchev–Trinajstić information content (AvgIpc) is 2.88. The van der Waals surface area contributed by atoms with Crippen molar-refractivity contribution in [3.8, 4) is 0 Å². The molecule has 0 aliphatic heterocycles. The van der Waals surface area contributed by atoms with E-state index in [0.717, 1.165) is 24.7 Å². The van der Waals surface area contributed by atoms with Gasteiger partial charge < -0.3 is 10.3 Å². The molecule has 1 aliphatic rings. The first-order valence-electron chi connectivity index (χ1n) is 7.08. The van der Waals surface area contributed by atoms with Gasteiger partial charge in [-0.3, -0.25) is 0 Å². The Balaban J connectivity index is 1.57. The van der Waals surface area contributed by atoms with Crippen molar-refractivity contribution >= 4 is 0 Å². The Morgan fingerprint density at radius 3 is 2.94 bits per heavy atom. The van der Waals surface area contributed by atoms with E-state index in [2.05, 4.69) is 22.2 Å². The van der Waals surface area contributed by atoms with E-state index >= 15 is 0 Å². The Morgan fingerprint density at radius 1 is 1.41 bits per heavy atom. The summed E-state index contributed by atoms with van der Waals surface area (Å²) in [6.45, 7) is 3.46. The molecule has 1 unspecified atom stereocenters. The molecule has 3 nitrogen and oxygen atoms in total. The van der Waals surface area contributed by atoms with Crippen molar-refractivity contribution in [3.05, 3.63) is 18.2 Å². The number of nitrogens with zero attached hydrogens (tertiary/aromatic N) is 1. The van der Waals surface area contributed by atoms with Crippen LogP contribution in [-0.4, -0.2) is 22.6 Å². The third kappa shape index (κ3) is 4.15. The van der Waals surface area contributed by atoms with E-state index in [-0.39, 0.29) is 0 Å². The molecule has 17 heavy (non-hydrogen) atoms. The van der Waals surface area contributed by atoms with Crippen molar-refractivity contribution in [1.29, 1.82) is 0 Å². The van der Waals surface area contributed by atoms with Crippen LogP contribution < -0.4 is 5.32 Å². The van der Waals surface area contributed by atoms with E-state index < -0.39 is 0 Å². The monoisotopic (exact) mass is 235 g/mol. The fourth-order valence-corrected chi connectivity index (χ4v) is 2.82. The third-order valence-electron chi connectivity index (χ3n) is 3.97. The lowest BCUT2D eigenvalue weighted by atomic mass is 9.84. The minimum atomic E-state index is 0.687. The number of aromatic nitrogens is 2. The molecule has 1 heterocycles. The van der Waals surface area contributed by atoms with Crippen LogP contribution in [0.5, 0.6) is 0 Å². The summed E-state index contributed by atoms with van der Waals surface area (Å²) in [6.07, 6.45) is 13.1. The summed E-state index contributed by atoms with van der Waals surface area (Å²) >= 11 is 0. The Hall–Kier alpha value is -0.830. The van der Waals surface area contributed by atoms with Gasteiger partial charge in [0.2, 0.25) is 0 Å². The van der Waals surface area contributed by atoms with Gasteiger partial charge in [0, 0.05) is 24.9 Å². The van der Waals surface area contributed by atoms with Crippen molar-refractivity contribution in [2.24, 2.45) is 5.92 Å². The maximum atomic E-state index is 4.24. The van der Waals surface area contributed by atoms with E-state index in [0.29, 0.717) is 6.04 Å². The quantitative estimate of drug-likeness (QED) is 0.744. The zero-order valence-electron chi connectivity index (χ0n) is 10.9. The first kappa shape index (κ1) is 12.6. The topological polar surface area (TPSA) is 40.7 Å². The van der Waals surface area contributed by atoms with Gasteiger partial charge in [-0.05, 0) is 38.6 Å². The van der Waals surface area contributed by atoms with Gasteiger partial charge >= 0.3 is 0 Å². The molecule has 0 bridgehead atoms. The molecule has 2 N–H and O–H groups in total. The normalized spacial score (nSPS) is 19.4. The standard InChI is InChI=1S/C14H25N3/c1-12(13-6-3-2-4-7-13)15-9-5-8-14-16-10-11-17-14/h10-13,15H,2-9H2,1H3,(H,16,17). The van der Waals surface area contributed by atoms with Crippen LogP contribution in [0.1, 0.15) is 51.3 Å². The summed E-state index contributed by atoms with van der Waals surface area (Å²) in [6, 6.07) is 0.687. The fraction of sp³-hybridized carbons (Fsp3) is 0.786. The predicted octanol–water partition coefficient (Wildman–Crippen LogP) is 2.90. The van der Waals surface area contributed by atoms with Gasteiger partial charge in [0.1, 0.15) is 5.82 Å². The highest BCUT2D eigenvalue weighted by atomic mass is 14.9. The maximum absolute atomic E-state index is 4.24. The molecule has 0 spiro atoms. The second kappa shape index (κ2) is 6.80. The number of rotatable bonds is 6. The number of H-pyrrole nitrogens is 1. The summed E-state index contributed by atoms with van der Waals surface area (Å²) in [5, 5.41) is 3.67. The Bertz CT molecular complexity index is 288. The first-order chi connectivity index (χ1) is 8.36. The highest BCUT2D eigenvalue weighted by molar-refractivity contribution is 4.87. The number of nitrogens with one attached hydrogen (secondary N) is 2. The van der Waals surface area contributed by atoms with Crippen LogP contribution in [0.4, 0.5) is 0 Å². The van der Waals surface area contributed by atoms with Crippen LogP contribution in [0, 0.1) is 5.92 Å². The summed E-state index contributed by atoms with van der Waals surface area (Å²) in [4.78, 5) is 7.39. The number of imidazole rings is 1. The smallest absolute Gasteiger partial charge is 0.106 e. The molecule has 1 saturated carbocycles. The highest BCUT2D eigenvalue weighted by Crippen LogP contribution is 2.26. The SMILES string of the molecule is CC(NCCCc1ncc[nH]1)C1CCCCC1. The molecular formula is C14H25N3. The van der Waals surface area contributed by atoms with Crippen LogP contribution in [0.2, 0.25) is 0 Å². The largest absolute Gasteiger partial charge is 0.349 e. The second-order valence-electron chi connectivity index (χ2n) is 5.28. The number of hydrogen-bond donors (Lipinski definition) is 2. The second-order valence-corrected chi connectivity index (χ2v) is 5.28. The summed E-state index contributed by atoms with van der Waals surface area (Å²) in [7, 11) is 0. The van der Waals surface area contributed by atoms with Crippen LogP contribution in [0.15, 0.2) is 12.4 Å². The van der Waals surface area contributed by atoms with Crippen molar-refractivity contribution < 1.29 is 0 Å². The summed E-state index contributed by atoms with van der Waals surface area (Å²) in [5.74, 6) is 2.02. The van der Waals surface area contributed by atoms with E-state index in [1.165, 1.54) is 38.5 Å². The van der Waals surface area contributed by atoms with Crippen molar-refractivity contribution in [2.45, 2.75) is 57.9 Å². The zero-order chi connectivity index (χ0) is 11.9. The Labute approximate surface area is 104 Å². The van der Waals surface area contributed by atoms with Crippen LogP contribution in [0.3, 0.4) is 0 Å². The first-order valence-corrected chi connectivity index (χ1v) is 7.08. The lowest BCUT2D eigenvalue weighted by molar-refractivity contribution is 0.281. The molecule has 1 aromatic heterocycles. The van der Waals surface area contributed by atoms with Gasteiger partial charge in [-0.15, -0.1) is 0 Å². The molecule has 1 fully saturated rings. The zero-order valence-corrected chi connectivity index (χ0v) is 10.9. The molecule has 1 aromatic rings. The molecule has 2 rings (SSSR count). The molecule has 1 aliphatic carbocycles. The van der Waals surface area contributed by atoms with Gasteiger partial charge in [0.15, 0.2) is 0 Å². The molecular weight excluding hydrogens is 210 g/mol. The fourth-order valence-electron chi connectivity index (χ4n) is 2.82. The van der Waals surface area contributed by atoms with Gasteiger partial charge in [-0.25, -0.2) is 4.98 Å². The maximum Gasteiger partial charge on any atom is 0.106 e. The molecule has 96 valence electrons. The minimum Gasteiger partial charge on any atom is -0.349 e. The average molecular weight is 235 g/mol. The molecule has 0 aromatic carbocycles. The lowest BCUT2D eigenvalue weighted by Crippen LogP contribution is -2.35. The summed E-state index contributed by atoms with van der Waals surface area (Å²) < 4.78 is 0. The van der Waals surface area contributed by atoms with Crippen molar-refractivity contribution in [3.63, 3.8) is 0 Å². The van der Waals surface area contributed by atoms with Crippen LogP contribution in [0.25, 0.3) is 0 Å². The Morgan fingerprint density at radius 2 is 2.24 bits per heavy atom. The van der Waals surface area contributed by atoms with Crippen molar-refractivity contribution in [1.82, 2.24) is 15.3 Å². The van der Waals surface area contributed by atoms with Crippen LogP contribution >= 0.6 is 0 Å². The molecule has 1 atom stereocenters. The molecule has 0 radical (unpaired) electrons. The highest BCUT2D eigenvalue weighted by Gasteiger charge is 2.18. The van der Waals surface area contributed by atoms with E-state index in [4.69, 9.17) is 0 Å². The summed E-state index contributed by atoms with van der Waals surface area (Å²) in [5.41, 5.74) is 0. The number of aromatic amines is 1. The molecule has 0 amide bonds. The van der Waals surface area contributed by atoms with E-state index in [1.807, 2.05) is 12.4 Å². The van der Waals surface area contributed by atoms with Gasteiger partial charge in [0.25, 0.3) is 0 Å². The lowest BCUT2D eigenvalue weighted by Gasteiger charge is -2.28. The van der Waals surface area contributed by atoms with Gasteiger partial charge in [-0.1, -0.05) is 19.3 Å². The van der Waals surface area contributed by atoms with E-state index in [9.17, 15) is 0 Å². The van der Waals surface area contributed by atoms with Gasteiger partial charge in [-0.2, -0.15) is 0 Å². The van der Waals surface area contributed by atoms with E-state index in [1.54, 1.807) is 0 Å². The predicted molar refractivity (Wildman–Crippen MR) is 70.9 cm³/mol. The van der Waals surface area contributed by atoms with Crippen LogP contribution in [-0.2, 0) is 6.42 Å². The number of hydrogen-bond acceptors (Lipinski definition) is 2.